The van der Waals surface area contributed by atoms with Crippen molar-refractivity contribution in [3.8, 4) is 0 Å². The first-order valence-corrected chi connectivity index (χ1v) is 7.18. The molecule has 1 aromatic carbocycles. The molecule has 0 spiro atoms. The molecule has 0 aliphatic rings. The Bertz CT molecular complexity index is 855. The smallest absolute Gasteiger partial charge is 0.261 e. The van der Waals surface area contributed by atoms with Gasteiger partial charge in [-0.15, -0.1) is 11.3 Å². The molecular formula is C14H12N4O2S. The normalized spacial score (nSPS) is 10.7. The summed E-state index contributed by atoms with van der Waals surface area (Å²) < 4.78 is 1.37. The Balaban J connectivity index is 1.93. The number of nitrogens with zero attached hydrogens (tertiary/aromatic N) is 3. The monoisotopic (exact) mass is 300 g/mol. The second-order valence-electron chi connectivity index (χ2n) is 4.45. The van der Waals surface area contributed by atoms with Crippen molar-refractivity contribution in [3.05, 3.63) is 52.0 Å². The minimum atomic E-state index is -0.299. The quantitative estimate of drug-likeness (QED) is 0.800. The van der Waals surface area contributed by atoms with Crippen LogP contribution in [0.5, 0.6) is 0 Å². The molecule has 3 aromatic rings. The largest absolute Gasteiger partial charge is 0.300 e. The summed E-state index contributed by atoms with van der Waals surface area (Å²) >= 11 is 1.33. The van der Waals surface area contributed by atoms with Gasteiger partial charge >= 0.3 is 0 Å². The van der Waals surface area contributed by atoms with E-state index in [0.717, 1.165) is 0 Å². The summed E-state index contributed by atoms with van der Waals surface area (Å²) in [5, 5.41) is 5.44. The van der Waals surface area contributed by atoms with Crippen LogP contribution in [0.4, 0.5) is 5.13 Å². The Morgan fingerprint density at radius 2 is 2.19 bits per heavy atom. The fraction of sp³-hybridized carbons (Fsp3) is 0.143. The van der Waals surface area contributed by atoms with Crippen LogP contribution in [0.3, 0.4) is 0 Å². The highest BCUT2D eigenvalue weighted by molar-refractivity contribution is 7.13. The highest BCUT2D eigenvalue weighted by atomic mass is 32.1. The maximum absolute atomic E-state index is 12.4. The van der Waals surface area contributed by atoms with Gasteiger partial charge in [0.2, 0.25) is 5.91 Å². The fourth-order valence-corrected chi connectivity index (χ4v) is 2.60. The summed E-state index contributed by atoms with van der Waals surface area (Å²) in [4.78, 5) is 32.7. The summed E-state index contributed by atoms with van der Waals surface area (Å²) in [7, 11) is 0. The van der Waals surface area contributed by atoms with Gasteiger partial charge in [-0.2, -0.15) is 0 Å². The van der Waals surface area contributed by atoms with E-state index in [4.69, 9.17) is 0 Å². The summed E-state index contributed by atoms with van der Waals surface area (Å²) in [6, 6.07) is 7.09. The van der Waals surface area contributed by atoms with Crippen molar-refractivity contribution < 1.29 is 4.79 Å². The molecule has 1 N–H and O–H groups in total. The number of nitrogens with one attached hydrogen (secondary N) is 1. The SMILES string of the molecule is Cc1nc2ccccc2c(=O)n1CC(=O)Nc1nccs1. The predicted molar refractivity (Wildman–Crippen MR) is 81.5 cm³/mol. The lowest BCUT2D eigenvalue weighted by molar-refractivity contribution is -0.116. The van der Waals surface area contributed by atoms with Crippen molar-refractivity contribution in [2.75, 3.05) is 5.32 Å². The van der Waals surface area contributed by atoms with Crippen LogP contribution in [0.15, 0.2) is 40.6 Å². The van der Waals surface area contributed by atoms with Gasteiger partial charge in [-0.3, -0.25) is 14.2 Å². The summed E-state index contributed by atoms with van der Waals surface area (Å²) in [6.07, 6.45) is 1.61. The molecule has 0 saturated heterocycles. The minimum absolute atomic E-state index is 0.0813. The molecule has 7 heteroatoms. The maximum Gasteiger partial charge on any atom is 0.261 e. The number of aryl methyl sites for hydroxylation is 1. The lowest BCUT2D eigenvalue weighted by Crippen LogP contribution is -2.30. The Morgan fingerprint density at radius 3 is 2.95 bits per heavy atom. The number of benzene rings is 1. The number of hydrogen-bond donors (Lipinski definition) is 1. The zero-order valence-electron chi connectivity index (χ0n) is 11.2. The minimum Gasteiger partial charge on any atom is -0.300 e. The summed E-state index contributed by atoms with van der Waals surface area (Å²) in [6.45, 7) is 1.63. The fourth-order valence-electron chi connectivity index (χ4n) is 2.05. The number of anilines is 1. The topological polar surface area (TPSA) is 76.9 Å². The van der Waals surface area contributed by atoms with E-state index < -0.39 is 0 Å². The van der Waals surface area contributed by atoms with Crippen LogP contribution in [0, 0.1) is 6.92 Å². The molecular weight excluding hydrogens is 288 g/mol. The van der Waals surface area contributed by atoms with Crippen LogP contribution in [0.1, 0.15) is 5.82 Å². The zero-order chi connectivity index (χ0) is 14.8. The van der Waals surface area contributed by atoms with Crippen LogP contribution in [0.2, 0.25) is 0 Å². The Morgan fingerprint density at radius 1 is 1.38 bits per heavy atom. The van der Waals surface area contributed by atoms with E-state index in [0.29, 0.717) is 21.9 Å². The van der Waals surface area contributed by atoms with Crippen LogP contribution >= 0.6 is 11.3 Å². The molecule has 0 saturated carbocycles. The molecule has 0 fully saturated rings. The Kier molecular flexibility index (Phi) is 3.49. The number of thiazole rings is 1. The molecule has 0 aliphatic carbocycles. The number of rotatable bonds is 3. The van der Waals surface area contributed by atoms with E-state index in [1.165, 1.54) is 15.9 Å². The Hall–Kier alpha value is -2.54. The average molecular weight is 300 g/mol. The van der Waals surface area contributed by atoms with Gasteiger partial charge in [-0.05, 0) is 19.1 Å². The maximum atomic E-state index is 12.4. The van der Waals surface area contributed by atoms with Gasteiger partial charge in [0.25, 0.3) is 5.56 Å². The number of amides is 1. The van der Waals surface area contributed by atoms with Gasteiger partial charge in [0.1, 0.15) is 12.4 Å². The standard InChI is InChI=1S/C14H12N4O2S/c1-9-16-11-5-3-2-4-10(11)13(20)18(9)8-12(19)17-14-15-6-7-21-14/h2-7H,8H2,1H3,(H,15,17,19). The number of para-hydroxylation sites is 1. The van der Waals surface area contributed by atoms with Crippen LogP contribution in [0.25, 0.3) is 10.9 Å². The first kappa shape index (κ1) is 13.4. The number of carbonyl (C=O) groups excluding carboxylic acids is 1. The number of carbonyl (C=O) groups is 1. The van der Waals surface area contributed by atoms with Crippen molar-refractivity contribution >= 4 is 33.3 Å². The van der Waals surface area contributed by atoms with Crippen LogP contribution in [-0.4, -0.2) is 20.4 Å². The average Bonchev–Trinajstić information content (AvgIpc) is 2.96. The van der Waals surface area contributed by atoms with Gasteiger partial charge in [-0.25, -0.2) is 9.97 Å². The van der Waals surface area contributed by atoms with Crippen molar-refractivity contribution in [3.63, 3.8) is 0 Å². The van der Waals surface area contributed by atoms with Gasteiger partial charge < -0.3 is 5.32 Å². The molecule has 2 heterocycles. The third-order valence-corrected chi connectivity index (χ3v) is 3.72. The van der Waals surface area contributed by atoms with Crippen molar-refractivity contribution in [1.29, 1.82) is 0 Å². The second kappa shape index (κ2) is 5.45. The lowest BCUT2D eigenvalue weighted by Gasteiger charge is -2.10. The number of fused-ring (bicyclic) bond motifs is 1. The number of aromatic nitrogens is 3. The van der Waals surface area contributed by atoms with E-state index in [1.54, 1.807) is 36.7 Å². The van der Waals surface area contributed by atoms with Crippen LogP contribution < -0.4 is 10.9 Å². The molecule has 0 unspecified atom stereocenters. The Labute approximate surface area is 124 Å². The van der Waals surface area contributed by atoms with Crippen molar-refractivity contribution in [2.24, 2.45) is 0 Å². The van der Waals surface area contributed by atoms with Gasteiger partial charge in [0.15, 0.2) is 5.13 Å². The molecule has 21 heavy (non-hydrogen) atoms. The summed E-state index contributed by atoms with van der Waals surface area (Å²) in [5.41, 5.74) is 0.420. The molecule has 3 rings (SSSR count). The molecule has 2 aromatic heterocycles. The van der Waals surface area contributed by atoms with E-state index in [9.17, 15) is 9.59 Å². The van der Waals surface area contributed by atoms with Crippen molar-refractivity contribution in [2.45, 2.75) is 13.5 Å². The number of hydrogen-bond acceptors (Lipinski definition) is 5. The van der Waals surface area contributed by atoms with E-state index >= 15 is 0 Å². The molecule has 6 nitrogen and oxygen atoms in total. The van der Waals surface area contributed by atoms with Gasteiger partial charge in [0, 0.05) is 11.6 Å². The first-order chi connectivity index (χ1) is 10.1. The van der Waals surface area contributed by atoms with Gasteiger partial charge in [0.05, 0.1) is 10.9 Å². The van der Waals surface area contributed by atoms with Crippen LogP contribution in [-0.2, 0) is 11.3 Å². The molecule has 0 atom stereocenters. The highest BCUT2D eigenvalue weighted by Crippen LogP contribution is 2.11. The molecule has 0 bridgehead atoms. The first-order valence-electron chi connectivity index (χ1n) is 6.30. The zero-order valence-corrected chi connectivity index (χ0v) is 12.1. The molecule has 0 aliphatic heterocycles. The van der Waals surface area contributed by atoms with E-state index in [2.05, 4.69) is 15.3 Å². The van der Waals surface area contributed by atoms with E-state index in [1.807, 2.05) is 6.07 Å². The predicted octanol–water partition coefficient (Wildman–Crippen LogP) is 1.80. The third kappa shape index (κ3) is 2.68. The summed E-state index contributed by atoms with van der Waals surface area (Å²) in [5.74, 6) is 0.209. The third-order valence-electron chi connectivity index (χ3n) is 3.03. The lowest BCUT2D eigenvalue weighted by atomic mass is 10.2. The highest BCUT2D eigenvalue weighted by Gasteiger charge is 2.12. The van der Waals surface area contributed by atoms with E-state index in [-0.39, 0.29) is 18.0 Å². The second-order valence-corrected chi connectivity index (χ2v) is 5.35. The molecule has 106 valence electrons. The molecule has 1 amide bonds. The molecule has 0 radical (unpaired) electrons. The van der Waals surface area contributed by atoms with Gasteiger partial charge in [-0.1, -0.05) is 12.1 Å². The van der Waals surface area contributed by atoms with Crippen molar-refractivity contribution in [1.82, 2.24) is 14.5 Å².